The van der Waals surface area contributed by atoms with E-state index >= 15 is 0 Å². The average molecular weight is 212 g/mol. The van der Waals surface area contributed by atoms with Gasteiger partial charge < -0.3 is 15.3 Å². The number of aliphatic hydroxyl groups is 1. The van der Waals surface area contributed by atoms with Gasteiger partial charge in [-0.25, -0.2) is 0 Å². The summed E-state index contributed by atoms with van der Waals surface area (Å²) in [5.41, 5.74) is 0. The number of carbonyl (C=O) groups is 1. The molecular formula is C11H20N2O2. The van der Waals surface area contributed by atoms with Gasteiger partial charge in [0.15, 0.2) is 0 Å². The molecule has 0 aromatic heterocycles. The average Bonchev–Trinajstić information content (AvgIpc) is 2.70. The zero-order chi connectivity index (χ0) is 11.1. The molecule has 0 radical (unpaired) electrons. The summed E-state index contributed by atoms with van der Waals surface area (Å²) in [6, 6.07) is 0.394. The van der Waals surface area contributed by atoms with Gasteiger partial charge in [0.25, 0.3) is 0 Å². The predicted octanol–water partition coefficient (Wildman–Crippen LogP) is 0.135. The van der Waals surface area contributed by atoms with E-state index in [1.165, 1.54) is 6.42 Å². The van der Waals surface area contributed by atoms with Crippen LogP contribution in [0.3, 0.4) is 0 Å². The van der Waals surface area contributed by atoms with Crippen molar-refractivity contribution in [3.8, 4) is 0 Å². The van der Waals surface area contributed by atoms with Crippen LogP contribution in [0.4, 0.5) is 0 Å². The predicted molar refractivity (Wildman–Crippen MR) is 59.5 cm³/mol. The highest BCUT2D eigenvalue weighted by molar-refractivity contribution is 5.87. The number of allylic oxidation sites excluding steroid dienone is 1. The maximum absolute atomic E-state index is 11.6. The number of hydrogen-bond acceptors (Lipinski definition) is 3. The number of nitrogens with one attached hydrogen (secondary N) is 1. The minimum atomic E-state index is -0.0137. The molecule has 1 atom stereocenters. The number of rotatable bonds is 5. The van der Waals surface area contributed by atoms with Gasteiger partial charge in [0, 0.05) is 19.1 Å². The van der Waals surface area contributed by atoms with Gasteiger partial charge >= 0.3 is 0 Å². The van der Waals surface area contributed by atoms with Gasteiger partial charge in [-0.15, -0.1) is 0 Å². The molecule has 1 unspecified atom stereocenters. The molecule has 4 nitrogen and oxygen atoms in total. The van der Waals surface area contributed by atoms with E-state index in [0.717, 1.165) is 13.0 Å². The van der Waals surface area contributed by atoms with E-state index in [1.807, 2.05) is 6.92 Å². The molecule has 1 rings (SSSR count). The molecule has 1 amide bonds. The molecule has 0 saturated carbocycles. The summed E-state index contributed by atoms with van der Waals surface area (Å²) in [5, 5.41) is 12.2. The molecule has 0 spiro atoms. The zero-order valence-corrected chi connectivity index (χ0v) is 9.28. The molecule has 1 saturated heterocycles. The second-order valence-corrected chi connectivity index (χ2v) is 3.80. The van der Waals surface area contributed by atoms with Crippen molar-refractivity contribution in [2.45, 2.75) is 25.8 Å². The van der Waals surface area contributed by atoms with Gasteiger partial charge in [-0.05, 0) is 32.4 Å². The number of carbonyl (C=O) groups excluding carboxylic acids is 1. The number of nitrogens with zero attached hydrogens (tertiary/aromatic N) is 1. The molecule has 2 N–H and O–H groups in total. The normalized spacial score (nSPS) is 21.1. The van der Waals surface area contributed by atoms with Crippen molar-refractivity contribution >= 4 is 5.91 Å². The van der Waals surface area contributed by atoms with Gasteiger partial charge in [0.1, 0.15) is 0 Å². The fourth-order valence-corrected chi connectivity index (χ4v) is 1.84. The first-order valence-corrected chi connectivity index (χ1v) is 5.53. The summed E-state index contributed by atoms with van der Waals surface area (Å²) in [6.07, 6.45) is 5.57. The first-order chi connectivity index (χ1) is 7.27. The first-order valence-electron chi connectivity index (χ1n) is 5.53. The standard InChI is InChI=1S/C11H20N2O2/c1-2-4-11(15)13(7-8-14)9-10-5-3-6-12-10/h2,4,10,12,14H,3,5-9H2,1H3/b4-2+. The Hall–Kier alpha value is -0.870. The molecule has 15 heavy (non-hydrogen) atoms. The van der Waals surface area contributed by atoms with E-state index in [9.17, 15) is 4.79 Å². The topological polar surface area (TPSA) is 52.6 Å². The van der Waals surface area contributed by atoms with Crippen LogP contribution in [0, 0.1) is 0 Å². The van der Waals surface area contributed by atoms with Crippen LogP contribution in [0.25, 0.3) is 0 Å². The third-order valence-electron chi connectivity index (χ3n) is 2.59. The number of amides is 1. The first kappa shape index (κ1) is 12.2. The Kier molecular flexibility index (Phi) is 5.36. The molecule has 1 fully saturated rings. The van der Waals surface area contributed by atoms with E-state index in [-0.39, 0.29) is 12.5 Å². The summed E-state index contributed by atoms with van der Waals surface area (Å²) < 4.78 is 0. The Morgan fingerprint density at radius 1 is 1.67 bits per heavy atom. The lowest BCUT2D eigenvalue weighted by molar-refractivity contribution is -0.126. The molecular weight excluding hydrogens is 192 g/mol. The second kappa shape index (κ2) is 6.58. The van der Waals surface area contributed by atoms with E-state index in [1.54, 1.807) is 17.1 Å². The van der Waals surface area contributed by atoms with Crippen LogP contribution in [0.1, 0.15) is 19.8 Å². The number of hydrogen-bond donors (Lipinski definition) is 2. The lowest BCUT2D eigenvalue weighted by atomic mass is 10.2. The summed E-state index contributed by atoms with van der Waals surface area (Å²) in [5.74, 6) is -0.0137. The minimum Gasteiger partial charge on any atom is -0.395 e. The highest BCUT2D eigenvalue weighted by atomic mass is 16.3. The SMILES string of the molecule is C/C=C/C(=O)N(CCO)CC1CCCN1. The third kappa shape index (κ3) is 4.01. The van der Waals surface area contributed by atoms with Gasteiger partial charge in [0.05, 0.1) is 6.61 Å². The molecule has 0 aromatic carbocycles. The summed E-state index contributed by atoms with van der Waals surface area (Å²) in [7, 11) is 0. The van der Waals surface area contributed by atoms with E-state index in [2.05, 4.69) is 5.32 Å². The van der Waals surface area contributed by atoms with Crippen LogP contribution < -0.4 is 5.32 Å². The van der Waals surface area contributed by atoms with Crippen molar-refractivity contribution < 1.29 is 9.90 Å². The van der Waals surface area contributed by atoms with Crippen molar-refractivity contribution in [2.24, 2.45) is 0 Å². The van der Waals surface area contributed by atoms with Gasteiger partial charge in [-0.2, -0.15) is 0 Å². The van der Waals surface area contributed by atoms with Crippen molar-refractivity contribution in [1.82, 2.24) is 10.2 Å². The molecule has 86 valence electrons. The molecule has 0 aliphatic carbocycles. The van der Waals surface area contributed by atoms with Crippen LogP contribution in [-0.2, 0) is 4.79 Å². The Labute approximate surface area is 91.0 Å². The number of aliphatic hydroxyl groups excluding tert-OH is 1. The highest BCUT2D eigenvalue weighted by Gasteiger charge is 2.19. The van der Waals surface area contributed by atoms with Crippen LogP contribution in [-0.4, -0.2) is 48.2 Å². The summed E-state index contributed by atoms with van der Waals surface area (Å²) in [4.78, 5) is 13.3. The van der Waals surface area contributed by atoms with E-state index in [0.29, 0.717) is 19.1 Å². The lowest BCUT2D eigenvalue weighted by Crippen LogP contribution is -2.41. The Morgan fingerprint density at radius 2 is 2.47 bits per heavy atom. The summed E-state index contributed by atoms with van der Waals surface area (Å²) in [6.45, 7) is 4.00. The van der Waals surface area contributed by atoms with Crippen LogP contribution in [0.15, 0.2) is 12.2 Å². The van der Waals surface area contributed by atoms with Crippen molar-refractivity contribution in [1.29, 1.82) is 0 Å². The molecule has 4 heteroatoms. The van der Waals surface area contributed by atoms with Crippen molar-refractivity contribution in [3.63, 3.8) is 0 Å². The van der Waals surface area contributed by atoms with Crippen molar-refractivity contribution in [3.05, 3.63) is 12.2 Å². The molecule has 0 bridgehead atoms. The zero-order valence-electron chi connectivity index (χ0n) is 9.28. The Morgan fingerprint density at radius 3 is 3.00 bits per heavy atom. The smallest absolute Gasteiger partial charge is 0.246 e. The molecule has 1 heterocycles. The molecule has 1 aliphatic rings. The molecule has 1 aliphatic heterocycles. The quantitative estimate of drug-likeness (QED) is 0.637. The maximum atomic E-state index is 11.6. The second-order valence-electron chi connectivity index (χ2n) is 3.80. The highest BCUT2D eigenvalue weighted by Crippen LogP contribution is 2.07. The molecule has 0 aromatic rings. The Balaban J connectivity index is 2.44. The summed E-state index contributed by atoms with van der Waals surface area (Å²) >= 11 is 0. The van der Waals surface area contributed by atoms with Gasteiger partial charge in [-0.1, -0.05) is 6.08 Å². The fraction of sp³-hybridized carbons (Fsp3) is 0.727. The van der Waals surface area contributed by atoms with Gasteiger partial charge in [-0.3, -0.25) is 4.79 Å². The largest absolute Gasteiger partial charge is 0.395 e. The van der Waals surface area contributed by atoms with Crippen LogP contribution >= 0.6 is 0 Å². The fourth-order valence-electron chi connectivity index (χ4n) is 1.84. The van der Waals surface area contributed by atoms with E-state index in [4.69, 9.17) is 5.11 Å². The maximum Gasteiger partial charge on any atom is 0.246 e. The monoisotopic (exact) mass is 212 g/mol. The third-order valence-corrected chi connectivity index (χ3v) is 2.59. The van der Waals surface area contributed by atoms with Crippen molar-refractivity contribution in [2.75, 3.05) is 26.2 Å². The van der Waals surface area contributed by atoms with E-state index < -0.39 is 0 Å². The van der Waals surface area contributed by atoms with Gasteiger partial charge in [0.2, 0.25) is 5.91 Å². The van der Waals surface area contributed by atoms with Crippen LogP contribution in [0.5, 0.6) is 0 Å². The van der Waals surface area contributed by atoms with Crippen LogP contribution in [0.2, 0.25) is 0 Å². The lowest BCUT2D eigenvalue weighted by Gasteiger charge is -2.23. The minimum absolute atomic E-state index is 0.0137. The Bertz CT molecular complexity index is 223.